The van der Waals surface area contributed by atoms with Gasteiger partial charge in [-0.1, -0.05) is 24.3 Å². The van der Waals surface area contributed by atoms with Crippen LogP contribution in [0.5, 0.6) is 0 Å². The minimum Gasteiger partial charge on any atom is -0.338 e. The molecule has 0 bridgehead atoms. The molecule has 5 rings (SSSR count). The number of benzene rings is 2. The first-order valence-electron chi connectivity index (χ1n) is 11.8. The van der Waals surface area contributed by atoms with Crippen molar-refractivity contribution in [2.75, 3.05) is 30.9 Å². The van der Waals surface area contributed by atoms with Crippen LogP contribution in [0.25, 0.3) is 11.1 Å². The third-order valence-corrected chi connectivity index (χ3v) is 8.95. The number of amides is 2. The van der Waals surface area contributed by atoms with Crippen molar-refractivity contribution in [3.8, 4) is 11.1 Å². The van der Waals surface area contributed by atoms with Crippen LogP contribution in [-0.2, 0) is 14.8 Å². The van der Waals surface area contributed by atoms with E-state index in [1.807, 2.05) is 24.3 Å². The number of nitrogens with two attached hydrogens (primary N) is 1. The standard InChI is InChI=1S/C25H30N4O4S/c26-25(11-2-12-25)24(31)29-15-13-28(14-16-29)23(30)19-7-5-18(6-8-19)20-3-1-4-21(17-20)27-34(32,33)22-9-10-22/h1,3-8,17,22,27H,2,9-16,26H2. The lowest BCUT2D eigenvalue weighted by molar-refractivity contribution is -0.141. The van der Waals surface area contributed by atoms with Gasteiger partial charge in [0, 0.05) is 37.4 Å². The number of nitrogens with one attached hydrogen (secondary N) is 1. The van der Waals surface area contributed by atoms with Crippen molar-refractivity contribution in [3.05, 3.63) is 54.1 Å². The molecule has 2 saturated carbocycles. The van der Waals surface area contributed by atoms with Gasteiger partial charge in [0.15, 0.2) is 0 Å². The zero-order valence-electron chi connectivity index (χ0n) is 19.1. The van der Waals surface area contributed by atoms with Crippen LogP contribution in [0.2, 0.25) is 0 Å². The molecule has 0 unspecified atom stereocenters. The van der Waals surface area contributed by atoms with Gasteiger partial charge in [-0.3, -0.25) is 14.3 Å². The second-order valence-electron chi connectivity index (χ2n) is 9.60. The Hall–Kier alpha value is -2.91. The molecule has 0 aromatic heterocycles. The minimum absolute atomic E-state index is 0.0110. The van der Waals surface area contributed by atoms with E-state index in [2.05, 4.69) is 4.72 Å². The highest BCUT2D eigenvalue weighted by atomic mass is 32.2. The summed E-state index contributed by atoms with van der Waals surface area (Å²) in [7, 11) is -3.32. The summed E-state index contributed by atoms with van der Waals surface area (Å²) in [4.78, 5) is 29.2. The Balaban J connectivity index is 1.21. The summed E-state index contributed by atoms with van der Waals surface area (Å²) in [6.45, 7) is 1.99. The van der Waals surface area contributed by atoms with Crippen molar-refractivity contribution < 1.29 is 18.0 Å². The number of carbonyl (C=O) groups excluding carboxylic acids is 2. The summed E-state index contributed by atoms with van der Waals surface area (Å²) in [5, 5.41) is -0.281. The van der Waals surface area contributed by atoms with E-state index >= 15 is 0 Å². The molecule has 2 aliphatic carbocycles. The normalized spacial score (nSPS) is 19.9. The number of anilines is 1. The summed E-state index contributed by atoms with van der Waals surface area (Å²) in [6, 6.07) is 14.6. The van der Waals surface area contributed by atoms with Gasteiger partial charge in [-0.05, 0) is 67.5 Å². The third kappa shape index (κ3) is 4.54. The Bertz CT molecular complexity index is 1200. The molecule has 180 valence electrons. The molecule has 3 N–H and O–H groups in total. The van der Waals surface area contributed by atoms with E-state index in [-0.39, 0.29) is 17.1 Å². The molecule has 9 heteroatoms. The van der Waals surface area contributed by atoms with Crippen LogP contribution in [0.1, 0.15) is 42.5 Å². The molecule has 8 nitrogen and oxygen atoms in total. The SMILES string of the molecule is NC1(C(=O)N2CCN(C(=O)c3ccc(-c4cccc(NS(=O)(=O)C5CC5)c4)cc3)CC2)CCC1. The molecule has 2 aromatic rings. The minimum atomic E-state index is -3.32. The second kappa shape index (κ2) is 8.70. The molecule has 1 heterocycles. The molecule has 1 aliphatic heterocycles. The van der Waals surface area contributed by atoms with E-state index in [1.165, 1.54) is 0 Å². The summed E-state index contributed by atoms with van der Waals surface area (Å²) < 4.78 is 27.1. The first kappa shape index (κ1) is 22.9. The lowest BCUT2D eigenvalue weighted by atomic mass is 9.76. The number of piperazine rings is 1. The van der Waals surface area contributed by atoms with Crippen molar-refractivity contribution in [2.24, 2.45) is 5.73 Å². The van der Waals surface area contributed by atoms with Crippen LogP contribution < -0.4 is 10.5 Å². The van der Waals surface area contributed by atoms with Crippen LogP contribution in [0.15, 0.2) is 48.5 Å². The van der Waals surface area contributed by atoms with Gasteiger partial charge in [0.1, 0.15) is 0 Å². The highest BCUT2D eigenvalue weighted by molar-refractivity contribution is 7.93. The predicted octanol–water partition coefficient (Wildman–Crippen LogP) is 2.42. The largest absolute Gasteiger partial charge is 0.338 e. The van der Waals surface area contributed by atoms with E-state index in [4.69, 9.17) is 5.73 Å². The molecule has 0 radical (unpaired) electrons. The van der Waals surface area contributed by atoms with Crippen molar-refractivity contribution >= 4 is 27.5 Å². The molecule has 0 spiro atoms. The summed E-state index contributed by atoms with van der Waals surface area (Å²) in [6.07, 6.45) is 3.91. The van der Waals surface area contributed by atoms with Gasteiger partial charge in [0.25, 0.3) is 5.91 Å². The van der Waals surface area contributed by atoms with Crippen molar-refractivity contribution in [3.63, 3.8) is 0 Å². The Morgan fingerprint density at radius 2 is 1.56 bits per heavy atom. The Labute approximate surface area is 200 Å². The molecule has 2 amide bonds. The molecule has 0 atom stereocenters. The fraction of sp³-hybridized carbons (Fsp3) is 0.440. The average molecular weight is 483 g/mol. The van der Waals surface area contributed by atoms with Crippen LogP contribution in [0.4, 0.5) is 5.69 Å². The maximum atomic E-state index is 13.0. The molecule has 3 fully saturated rings. The summed E-state index contributed by atoms with van der Waals surface area (Å²) in [5.41, 5.74) is 8.37. The fourth-order valence-corrected chi connectivity index (χ4v) is 5.95. The highest BCUT2D eigenvalue weighted by Gasteiger charge is 2.43. The quantitative estimate of drug-likeness (QED) is 0.657. The first-order valence-corrected chi connectivity index (χ1v) is 13.4. The number of carbonyl (C=O) groups is 2. The molecule has 1 saturated heterocycles. The molecule has 2 aromatic carbocycles. The van der Waals surface area contributed by atoms with Crippen LogP contribution in [0.3, 0.4) is 0 Å². The van der Waals surface area contributed by atoms with Crippen molar-refractivity contribution in [2.45, 2.75) is 42.9 Å². The van der Waals surface area contributed by atoms with Gasteiger partial charge in [0.05, 0.1) is 10.8 Å². The summed E-state index contributed by atoms with van der Waals surface area (Å²) >= 11 is 0. The smallest absolute Gasteiger partial charge is 0.253 e. The van der Waals surface area contributed by atoms with Gasteiger partial charge < -0.3 is 15.5 Å². The van der Waals surface area contributed by atoms with Crippen molar-refractivity contribution in [1.82, 2.24) is 9.80 Å². The lowest BCUT2D eigenvalue weighted by Gasteiger charge is -2.43. The Morgan fingerprint density at radius 3 is 2.15 bits per heavy atom. The predicted molar refractivity (Wildman–Crippen MR) is 131 cm³/mol. The molecule has 34 heavy (non-hydrogen) atoms. The van der Waals surface area contributed by atoms with Crippen LogP contribution in [0, 0.1) is 0 Å². The maximum Gasteiger partial charge on any atom is 0.253 e. The van der Waals surface area contributed by atoms with E-state index in [1.54, 1.807) is 34.1 Å². The Morgan fingerprint density at radius 1 is 0.912 bits per heavy atom. The topological polar surface area (TPSA) is 113 Å². The maximum absolute atomic E-state index is 13.0. The van der Waals surface area contributed by atoms with Crippen LogP contribution in [-0.4, -0.2) is 67.0 Å². The van der Waals surface area contributed by atoms with Gasteiger partial charge in [-0.25, -0.2) is 8.42 Å². The number of nitrogens with zero attached hydrogens (tertiary/aromatic N) is 2. The van der Waals surface area contributed by atoms with Gasteiger partial charge >= 0.3 is 0 Å². The van der Waals surface area contributed by atoms with Gasteiger partial charge in [0.2, 0.25) is 15.9 Å². The highest BCUT2D eigenvalue weighted by Crippen LogP contribution is 2.32. The monoisotopic (exact) mass is 482 g/mol. The second-order valence-corrected chi connectivity index (χ2v) is 11.6. The number of rotatable bonds is 6. The van der Waals surface area contributed by atoms with Gasteiger partial charge in [-0.2, -0.15) is 0 Å². The van der Waals surface area contributed by atoms with E-state index in [0.717, 1.165) is 30.4 Å². The van der Waals surface area contributed by atoms with E-state index in [0.29, 0.717) is 50.3 Å². The zero-order chi connectivity index (χ0) is 23.9. The van der Waals surface area contributed by atoms with Gasteiger partial charge in [-0.15, -0.1) is 0 Å². The van der Waals surface area contributed by atoms with Crippen LogP contribution >= 0.6 is 0 Å². The molecular weight excluding hydrogens is 452 g/mol. The zero-order valence-corrected chi connectivity index (χ0v) is 19.9. The fourth-order valence-electron chi connectivity index (χ4n) is 4.58. The molecular formula is C25H30N4O4S. The van der Waals surface area contributed by atoms with E-state index in [9.17, 15) is 18.0 Å². The molecule has 3 aliphatic rings. The summed E-state index contributed by atoms with van der Waals surface area (Å²) in [5.74, 6) is -0.0486. The van der Waals surface area contributed by atoms with Crippen molar-refractivity contribution in [1.29, 1.82) is 0 Å². The first-order chi connectivity index (χ1) is 16.2. The number of sulfonamides is 1. The van der Waals surface area contributed by atoms with E-state index < -0.39 is 15.6 Å². The Kier molecular flexibility index (Phi) is 5.85. The third-order valence-electron chi connectivity index (χ3n) is 7.08. The number of hydrogen-bond acceptors (Lipinski definition) is 5. The number of hydrogen-bond donors (Lipinski definition) is 2. The lowest BCUT2D eigenvalue weighted by Crippen LogP contribution is -2.62. The average Bonchev–Trinajstić information content (AvgIpc) is 3.68.